The number of aromatic nitrogens is 1. The number of rotatable bonds is 4. The average Bonchev–Trinajstić information content (AvgIpc) is 2.39. The molecule has 1 unspecified atom stereocenters. The summed E-state index contributed by atoms with van der Waals surface area (Å²) in [7, 11) is 2.16. The molecule has 1 saturated heterocycles. The highest BCUT2D eigenvalue weighted by molar-refractivity contribution is 5.25. The molecule has 0 spiro atoms. The first-order chi connectivity index (χ1) is 8.70. The van der Waals surface area contributed by atoms with Crippen molar-refractivity contribution in [3.05, 3.63) is 29.6 Å². The number of aryl methyl sites for hydroxylation is 1. The van der Waals surface area contributed by atoms with Gasteiger partial charge < -0.3 is 10.6 Å². The molecule has 5 heteroatoms. The third-order valence-electron chi connectivity index (χ3n) is 3.53. The maximum Gasteiger partial charge on any atom is 0.0604 e. The molecular weight excluding hydrogens is 226 g/mol. The maximum atomic E-state index is 5.89. The molecule has 18 heavy (non-hydrogen) atoms. The van der Waals surface area contributed by atoms with Crippen LogP contribution in [0.1, 0.15) is 17.2 Å². The molecule has 100 valence electrons. The summed E-state index contributed by atoms with van der Waals surface area (Å²) >= 11 is 0. The lowest BCUT2D eigenvalue weighted by Crippen LogP contribution is -2.52. The number of piperazine rings is 1. The van der Waals surface area contributed by atoms with E-state index >= 15 is 0 Å². The normalized spacial score (nSPS) is 19.9. The van der Waals surface area contributed by atoms with Crippen LogP contribution in [0.5, 0.6) is 0 Å². The number of nitrogens with one attached hydrogen (secondary N) is 1. The van der Waals surface area contributed by atoms with Crippen molar-refractivity contribution in [2.24, 2.45) is 5.73 Å². The molecule has 1 aliphatic heterocycles. The van der Waals surface area contributed by atoms with Crippen molar-refractivity contribution in [2.45, 2.75) is 13.0 Å². The van der Waals surface area contributed by atoms with E-state index in [-0.39, 0.29) is 6.04 Å². The second-order valence-corrected chi connectivity index (χ2v) is 4.94. The minimum absolute atomic E-state index is 0.155. The fourth-order valence-corrected chi connectivity index (χ4v) is 2.25. The van der Waals surface area contributed by atoms with Gasteiger partial charge >= 0.3 is 0 Å². The zero-order chi connectivity index (χ0) is 13.0. The van der Waals surface area contributed by atoms with Crippen molar-refractivity contribution in [1.29, 1.82) is 0 Å². The fraction of sp³-hybridized carbons (Fsp3) is 0.615. The van der Waals surface area contributed by atoms with E-state index in [1.54, 1.807) is 0 Å². The van der Waals surface area contributed by atoms with Gasteiger partial charge in [0.2, 0.25) is 0 Å². The summed E-state index contributed by atoms with van der Waals surface area (Å²) in [6, 6.07) is 2.19. The largest absolute Gasteiger partial charge is 0.329 e. The minimum Gasteiger partial charge on any atom is -0.329 e. The van der Waals surface area contributed by atoms with Crippen LogP contribution in [0, 0.1) is 6.92 Å². The van der Waals surface area contributed by atoms with Gasteiger partial charge in [-0.05, 0) is 31.2 Å². The van der Waals surface area contributed by atoms with Gasteiger partial charge in [-0.1, -0.05) is 0 Å². The number of nitrogens with two attached hydrogens (primary N) is 1. The number of likely N-dealkylation sites (N-methyl/N-ethyl adjacent to an activating group) is 1. The summed E-state index contributed by atoms with van der Waals surface area (Å²) in [6.07, 6.45) is 3.73. The van der Waals surface area contributed by atoms with Gasteiger partial charge in [-0.3, -0.25) is 4.98 Å². The highest BCUT2D eigenvalue weighted by Crippen LogP contribution is 2.15. The molecule has 3 N–H and O–H groups in total. The monoisotopic (exact) mass is 249 g/mol. The average molecular weight is 249 g/mol. The van der Waals surface area contributed by atoms with Gasteiger partial charge in [0.25, 0.3) is 0 Å². The number of hydrogen-bond acceptors (Lipinski definition) is 5. The molecule has 1 fully saturated rings. The van der Waals surface area contributed by atoms with Crippen LogP contribution < -0.4 is 11.2 Å². The van der Waals surface area contributed by atoms with Crippen LogP contribution in [0.4, 0.5) is 0 Å². The van der Waals surface area contributed by atoms with Crippen molar-refractivity contribution in [1.82, 2.24) is 20.3 Å². The van der Waals surface area contributed by atoms with Crippen LogP contribution in [0.15, 0.2) is 18.5 Å². The summed E-state index contributed by atoms with van der Waals surface area (Å²) in [5.41, 5.74) is 11.8. The summed E-state index contributed by atoms with van der Waals surface area (Å²) in [6.45, 7) is 6.94. The van der Waals surface area contributed by atoms with Crippen molar-refractivity contribution < 1.29 is 0 Å². The first-order valence-electron chi connectivity index (χ1n) is 6.51. The number of hydrazine groups is 1. The molecule has 0 amide bonds. The molecule has 0 saturated carbocycles. The zero-order valence-corrected chi connectivity index (χ0v) is 11.3. The van der Waals surface area contributed by atoms with Gasteiger partial charge in [-0.2, -0.15) is 0 Å². The minimum atomic E-state index is 0.155. The molecule has 1 aliphatic rings. The first kappa shape index (κ1) is 13.4. The second kappa shape index (κ2) is 6.24. The Balaban J connectivity index is 1.99. The first-order valence-corrected chi connectivity index (χ1v) is 6.51. The van der Waals surface area contributed by atoms with E-state index in [4.69, 9.17) is 5.73 Å². The molecule has 0 radical (unpaired) electrons. The van der Waals surface area contributed by atoms with Gasteiger partial charge in [-0.25, -0.2) is 10.4 Å². The predicted octanol–water partition coefficient (Wildman–Crippen LogP) is 0.142. The SMILES string of the molecule is Cc1ccncc1C(CN)NN1CCN(C)CC1. The van der Waals surface area contributed by atoms with Crippen LogP contribution >= 0.6 is 0 Å². The van der Waals surface area contributed by atoms with Crippen molar-refractivity contribution in [2.75, 3.05) is 39.8 Å². The fourth-order valence-electron chi connectivity index (χ4n) is 2.25. The Kier molecular flexibility index (Phi) is 4.66. The third-order valence-corrected chi connectivity index (χ3v) is 3.53. The van der Waals surface area contributed by atoms with Gasteiger partial charge in [0.05, 0.1) is 6.04 Å². The third kappa shape index (κ3) is 3.26. The Bertz CT molecular complexity index is 373. The summed E-state index contributed by atoms with van der Waals surface area (Å²) in [4.78, 5) is 6.54. The molecule has 5 nitrogen and oxygen atoms in total. The van der Waals surface area contributed by atoms with Crippen molar-refractivity contribution >= 4 is 0 Å². The van der Waals surface area contributed by atoms with Crippen LogP contribution in [0.25, 0.3) is 0 Å². The lowest BCUT2D eigenvalue weighted by atomic mass is 10.0. The molecule has 0 aromatic carbocycles. The Morgan fingerprint density at radius 3 is 2.72 bits per heavy atom. The number of pyridine rings is 1. The summed E-state index contributed by atoms with van der Waals surface area (Å²) in [5.74, 6) is 0. The van der Waals surface area contributed by atoms with Gasteiger partial charge in [-0.15, -0.1) is 0 Å². The van der Waals surface area contributed by atoms with Gasteiger partial charge in [0.1, 0.15) is 0 Å². The zero-order valence-electron chi connectivity index (χ0n) is 11.3. The highest BCUT2D eigenvalue weighted by atomic mass is 15.5. The van der Waals surface area contributed by atoms with Gasteiger partial charge in [0.15, 0.2) is 0 Å². The standard InChI is InChI=1S/C13H23N5/c1-11-3-4-15-10-12(11)13(9-14)16-18-7-5-17(2)6-8-18/h3-4,10,13,16H,5-9,14H2,1-2H3. The van der Waals surface area contributed by atoms with Crippen LogP contribution in [0.3, 0.4) is 0 Å². The van der Waals surface area contributed by atoms with Crippen LogP contribution in [-0.2, 0) is 0 Å². The predicted molar refractivity (Wildman–Crippen MR) is 73.0 cm³/mol. The molecule has 2 heterocycles. The van der Waals surface area contributed by atoms with E-state index in [1.807, 2.05) is 18.5 Å². The smallest absolute Gasteiger partial charge is 0.0604 e. The van der Waals surface area contributed by atoms with Crippen molar-refractivity contribution in [3.8, 4) is 0 Å². The quantitative estimate of drug-likeness (QED) is 0.795. The molecular formula is C13H23N5. The van der Waals surface area contributed by atoms with E-state index in [0.29, 0.717) is 6.54 Å². The Hall–Kier alpha value is -1.01. The molecule has 0 aliphatic carbocycles. The Morgan fingerprint density at radius 2 is 2.11 bits per heavy atom. The van der Waals surface area contributed by atoms with E-state index in [1.165, 1.54) is 11.1 Å². The van der Waals surface area contributed by atoms with Crippen molar-refractivity contribution in [3.63, 3.8) is 0 Å². The molecule has 1 aromatic heterocycles. The summed E-state index contributed by atoms with van der Waals surface area (Å²) < 4.78 is 0. The molecule has 1 atom stereocenters. The molecule has 2 rings (SSSR count). The Labute approximate surface area is 109 Å². The number of hydrogen-bond donors (Lipinski definition) is 2. The lowest BCUT2D eigenvalue weighted by Gasteiger charge is -2.35. The lowest BCUT2D eigenvalue weighted by molar-refractivity contribution is 0.0878. The van der Waals surface area contributed by atoms with Crippen LogP contribution in [-0.4, -0.2) is 54.7 Å². The number of nitrogens with zero attached hydrogens (tertiary/aromatic N) is 3. The molecule has 1 aromatic rings. The topological polar surface area (TPSA) is 57.4 Å². The van der Waals surface area contributed by atoms with E-state index < -0.39 is 0 Å². The Morgan fingerprint density at radius 1 is 1.39 bits per heavy atom. The van der Waals surface area contributed by atoms with E-state index in [9.17, 15) is 0 Å². The second-order valence-electron chi connectivity index (χ2n) is 4.94. The van der Waals surface area contributed by atoms with Crippen LogP contribution in [0.2, 0.25) is 0 Å². The van der Waals surface area contributed by atoms with E-state index in [2.05, 4.69) is 34.3 Å². The molecule has 0 bridgehead atoms. The van der Waals surface area contributed by atoms with Gasteiger partial charge in [0, 0.05) is 45.1 Å². The highest BCUT2D eigenvalue weighted by Gasteiger charge is 2.19. The van der Waals surface area contributed by atoms with E-state index in [0.717, 1.165) is 26.2 Å². The maximum absolute atomic E-state index is 5.89. The summed E-state index contributed by atoms with van der Waals surface area (Å²) in [5, 5.41) is 2.27.